The monoisotopic (exact) mass is 509 g/mol. The van der Waals surface area contributed by atoms with Gasteiger partial charge in [-0.25, -0.2) is 9.97 Å². The van der Waals surface area contributed by atoms with E-state index in [0.29, 0.717) is 11.8 Å². The molecule has 0 aromatic carbocycles. The minimum atomic E-state index is -0.945. The van der Waals surface area contributed by atoms with E-state index < -0.39 is 11.7 Å². The molecule has 0 bridgehead atoms. The normalized spacial score (nSPS) is 33.2. The topological polar surface area (TPSA) is 78.8 Å². The van der Waals surface area contributed by atoms with E-state index in [1.54, 1.807) is 0 Å². The molecule has 7 nitrogen and oxygen atoms in total. The number of esters is 1. The van der Waals surface area contributed by atoms with Crippen LogP contribution in [0, 0.1) is 37.0 Å². The number of anilines is 1. The number of hydrogen-bond acceptors (Lipinski definition) is 7. The number of rotatable bonds is 5. The van der Waals surface area contributed by atoms with Gasteiger partial charge in [0.2, 0.25) is 0 Å². The molecule has 0 spiro atoms. The van der Waals surface area contributed by atoms with Crippen molar-refractivity contribution in [1.29, 1.82) is 0 Å². The maximum Gasteiger partial charge on any atom is 0.303 e. The summed E-state index contributed by atoms with van der Waals surface area (Å²) in [7, 11) is 0. The van der Waals surface area contributed by atoms with Crippen molar-refractivity contribution in [2.45, 2.75) is 91.4 Å². The number of carbonyl (C=O) groups is 1. The van der Waals surface area contributed by atoms with E-state index >= 15 is 0 Å². The second-order valence-corrected chi connectivity index (χ2v) is 12.2. The Balaban J connectivity index is 1.31. The Morgan fingerprint density at radius 3 is 2.68 bits per heavy atom. The van der Waals surface area contributed by atoms with Crippen LogP contribution < -0.4 is 4.90 Å². The third kappa shape index (κ3) is 5.31. The molecular formula is C30H45N4O3. The van der Waals surface area contributed by atoms with Crippen LogP contribution in [0.1, 0.15) is 76.9 Å². The minimum Gasteiger partial charge on any atom is -0.458 e. The first-order valence-electron chi connectivity index (χ1n) is 14.4. The van der Waals surface area contributed by atoms with Crippen LogP contribution in [-0.4, -0.2) is 63.8 Å². The lowest BCUT2D eigenvalue weighted by atomic mass is 9.57. The van der Waals surface area contributed by atoms with Crippen molar-refractivity contribution >= 4 is 11.8 Å². The maximum atomic E-state index is 11.9. The number of aromatic nitrogens is 2. The molecule has 1 radical (unpaired) electrons. The molecule has 3 heterocycles. The number of fused-ring (bicyclic) bond motifs is 2. The summed E-state index contributed by atoms with van der Waals surface area (Å²) in [5.41, 5.74) is 2.64. The van der Waals surface area contributed by atoms with Gasteiger partial charge in [0.05, 0.1) is 11.3 Å². The summed E-state index contributed by atoms with van der Waals surface area (Å²) >= 11 is 0. The number of aryl methyl sites for hydroxylation is 1. The first-order valence-corrected chi connectivity index (χ1v) is 14.4. The molecule has 1 unspecified atom stereocenters. The van der Waals surface area contributed by atoms with Gasteiger partial charge < -0.3 is 14.7 Å². The van der Waals surface area contributed by atoms with Gasteiger partial charge >= 0.3 is 5.97 Å². The molecule has 5 rings (SSSR count). The summed E-state index contributed by atoms with van der Waals surface area (Å²) in [6.45, 7) is 15.1. The second-order valence-electron chi connectivity index (χ2n) is 12.2. The lowest BCUT2D eigenvalue weighted by molar-refractivity contribution is -0.148. The zero-order valence-electron chi connectivity index (χ0n) is 23.4. The van der Waals surface area contributed by atoms with Crippen LogP contribution >= 0.6 is 0 Å². The summed E-state index contributed by atoms with van der Waals surface area (Å²) in [5.74, 6) is 2.74. The molecule has 2 aliphatic carbocycles. The summed E-state index contributed by atoms with van der Waals surface area (Å²) in [6.07, 6.45) is 10.6. The molecule has 1 aromatic heterocycles. The van der Waals surface area contributed by atoms with Crippen LogP contribution in [0.15, 0.2) is 11.6 Å². The first kappa shape index (κ1) is 26.6. The van der Waals surface area contributed by atoms with Gasteiger partial charge in [-0.15, -0.1) is 0 Å². The molecule has 0 amide bonds. The third-order valence-electron chi connectivity index (χ3n) is 9.49. The van der Waals surface area contributed by atoms with Crippen molar-refractivity contribution in [3.05, 3.63) is 35.2 Å². The molecule has 6 atom stereocenters. The van der Waals surface area contributed by atoms with Gasteiger partial charge in [0.15, 0.2) is 0 Å². The van der Waals surface area contributed by atoms with Crippen molar-refractivity contribution in [2.24, 2.45) is 23.7 Å². The Kier molecular flexibility index (Phi) is 7.65. The number of aliphatic hydroxyl groups is 1. The van der Waals surface area contributed by atoms with E-state index in [0.717, 1.165) is 63.4 Å². The van der Waals surface area contributed by atoms with E-state index in [1.807, 2.05) is 20.3 Å². The lowest BCUT2D eigenvalue weighted by Gasteiger charge is -2.53. The largest absolute Gasteiger partial charge is 0.458 e. The molecule has 2 fully saturated rings. The Labute approximate surface area is 222 Å². The summed E-state index contributed by atoms with van der Waals surface area (Å²) in [5, 5.41) is 11.9. The van der Waals surface area contributed by atoms with Gasteiger partial charge in [-0.3, -0.25) is 9.69 Å². The molecule has 7 heteroatoms. The fourth-order valence-corrected chi connectivity index (χ4v) is 7.40. The van der Waals surface area contributed by atoms with Crippen LogP contribution in [0.4, 0.5) is 5.82 Å². The standard InChI is InChI=1S/C30H45N4O3/c1-19-15-26-24(10-9-21(3)30(26,36)16-28(19)37-23(5)35)20(2)17-33-14-11-25-27(18-33)31-22(4)32-29(25)34-12-7-6-8-13-34/h15-16,20-21,24,26,28,36H,6-14,17-18H2,1-5H3/t20?,21-,24+,26-,28-,30-/m1/s1. The number of hydrogen-bond donors (Lipinski definition) is 1. The van der Waals surface area contributed by atoms with Crippen molar-refractivity contribution in [1.82, 2.24) is 14.9 Å². The van der Waals surface area contributed by atoms with Crippen LogP contribution in [-0.2, 0) is 22.5 Å². The van der Waals surface area contributed by atoms with E-state index in [1.165, 1.54) is 43.3 Å². The molecular weight excluding hydrogens is 464 g/mol. The molecule has 1 N–H and O–H groups in total. The predicted molar refractivity (Wildman–Crippen MR) is 145 cm³/mol. The highest BCUT2D eigenvalue weighted by Gasteiger charge is 2.53. The second kappa shape index (κ2) is 10.6. The van der Waals surface area contributed by atoms with Crippen molar-refractivity contribution in [3.63, 3.8) is 0 Å². The highest BCUT2D eigenvalue weighted by molar-refractivity contribution is 5.66. The van der Waals surface area contributed by atoms with Gasteiger partial charge in [0.1, 0.15) is 17.7 Å². The van der Waals surface area contributed by atoms with E-state index in [2.05, 4.69) is 29.7 Å². The third-order valence-corrected chi connectivity index (χ3v) is 9.49. The smallest absolute Gasteiger partial charge is 0.303 e. The van der Waals surface area contributed by atoms with Gasteiger partial charge in [0.25, 0.3) is 0 Å². The van der Waals surface area contributed by atoms with Gasteiger partial charge in [-0.1, -0.05) is 19.9 Å². The lowest BCUT2D eigenvalue weighted by Crippen LogP contribution is -2.56. The van der Waals surface area contributed by atoms with Crippen LogP contribution in [0.3, 0.4) is 0 Å². The molecule has 37 heavy (non-hydrogen) atoms. The number of nitrogens with zero attached hydrogens (tertiary/aromatic N) is 4. The molecule has 4 aliphatic rings. The average molecular weight is 510 g/mol. The average Bonchev–Trinajstić information content (AvgIpc) is 2.85. The highest BCUT2D eigenvalue weighted by atomic mass is 16.5. The van der Waals surface area contributed by atoms with Gasteiger partial charge in [0, 0.05) is 57.5 Å². The summed E-state index contributed by atoms with van der Waals surface area (Å²) in [4.78, 5) is 26.5. The van der Waals surface area contributed by atoms with Crippen molar-refractivity contribution in [2.75, 3.05) is 31.1 Å². The van der Waals surface area contributed by atoms with Crippen molar-refractivity contribution in [3.8, 4) is 0 Å². The number of piperidine rings is 1. The van der Waals surface area contributed by atoms with E-state index in [9.17, 15) is 9.90 Å². The van der Waals surface area contributed by atoms with Crippen LogP contribution in [0.5, 0.6) is 0 Å². The SMILES string of the molecule is CC(=O)O[C@@H]1[CH][C@@]2(O)[C@H](C)CC[C@@H](C(C)CN3CCc4c(nc(C)nc4N4CCCCC4)C3)[C@H]2C=C1C. The van der Waals surface area contributed by atoms with Crippen molar-refractivity contribution < 1.29 is 14.6 Å². The molecule has 2 aliphatic heterocycles. The predicted octanol–water partition coefficient (Wildman–Crippen LogP) is 4.26. The molecule has 1 saturated carbocycles. The zero-order chi connectivity index (χ0) is 26.3. The molecule has 1 saturated heterocycles. The summed E-state index contributed by atoms with van der Waals surface area (Å²) in [6, 6.07) is 0. The number of carbonyl (C=O) groups excluding carboxylic acids is 1. The maximum absolute atomic E-state index is 11.9. The van der Waals surface area contributed by atoms with E-state index in [-0.39, 0.29) is 17.8 Å². The number of ether oxygens (including phenoxy) is 1. The quantitative estimate of drug-likeness (QED) is 0.469. The van der Waals surface area contributed by atoms with Crippen LogP contribution in [0.2, 0.25) is 0 Å². The Morgan fingerprint density at radius 1 is 1.19 bits per heavy atom. The van der Waals surface area contributed by atoms with Gasteiger partial charge in [-0.2, -0.15) is 0 Å². The highest BCUT2D eigenvalue weighted by Crippen LogP contribution is 2.51. The van der Waals surface area contributed by atoms with Gasteiger partial charge in [-0.05, 0) is 75.7 Å². The Morgan fingerprint density at radius 2 is 1.95 bits per heavy atom. The first-order chi connectivity index (χ1) is 17.7. The Hall–Kier alpha value is -1.99. The van der Waals surface area contributed by atoms with E-state index in [4.69, 9.17) is 14.7 Å². The molecule has 203 valence electrons. The Bertz CT molecular complexity index is 1040. The zero-order valence-corrected chi connectivity index (χ0v) is 23.4. The summed E-state index contributed by atoms with van der Waals surface area (Å²) < 4.78 is 5.53. The fourth-order valence-electron chi connectivity index (χ4n) is 7.40. The van der Waals surface area contributed by atoms with Crippen LogP contribution in [0.25, 0.3) is 0 Å². The fraction of sp³-hybridized carbons (Fsp3) is 0.733. The minimum absolute atomic E-state index is 0.0467. The molecule has 1 aromatic rings.